The van der Waals surface area contributed by atoms with Crippen LogP contribution in [0.15, 0.2) is 82.6 Å². The maximum absolute atomic E-state index is 13.4. The van der Waals surface area contributed by atoms with Gasteiger partial charge in [0.15, 0.2) is 0 Å². The predicted molar refractivity (Wildman–Crippen MR) is 120 cm³/mol. The van der Waals surface area contributed by atoms with Crippen molar-refractivity contribution < 1.29 is 14.0 Å². The lowest BCUT2D eigenvalue weighted by Crippen LogP contribution is -2.50. The predicted octanol–water partition coefficient (Wildman–Crippen LogP) is 4.45. The molecule has 1 aliphatic rings. The topological polar surface area (TPSA) is 64.4 Å². The molecule has 0 unspecified atom stereocenters. The molecule has 0 aromatic heterocycles. The number of nitriles is 1. The number of benzene rings is 3. The fourth-order valence-corrected chi connectivity index (χ4v) is 4.60. The average Bonchev–Trinajstić information content (AvgIpc) is 2.84. The molecule has 0 radical (unpaired) electrons. The lowest BCUT2D eigenvalue weighted by Gasteiger charge is -2.35. The number of carbonyl (C=O) groups excluding carboxylic acids is 2. The highest BCUT2D eigenvalue weighted by Crippen LogP contribution is 2.33. The van der Waals surface area contributed by atoms with Gasteiger partial charge in [0, 0.05) is 41.5 Å². The van der Waals surface area contributed by atoms with Crippen molar-refractivity contribution in [3.05, 3.63) is 95.3 Å². The van der Waals surface area contributed by atoms with E-state index in [-0.39, 0.29) is 11.8 Å². The lowest BCUT2D eigenvalue weighted by atomic mass is 10.1. The summed E-state index contributed by atoms with van der Waals surface area (Å²) in [5.74, 6) is -0.794. The first-order chi connectivity index (χ1) is 15.6. The summed E-state index contributed by atoms with van der Waals surface area (Å²) >= 11 is 1.39. The molecule has 1 aliphatic heterocycles. The molecular formula is C25H20FN3O2S. The molecule has 0 spiro atoms. The zero-order valence-electron chi connectivity index (χ0n) is 17.2. The minimum atomic E-state index is -0.447. The Hall–Kier alpha value is -3.63. The van der Waals surface area contributed by atoms with Crippen LogP contribution in [0.4, 0.5) is 4.39 Å². The van der Waals surface area contributed by atoms with Gasteiger partial charge in [0.2, 0.25) is 0 Å². The lowest BCUT2D eigenvalue weighted by molar-refractivity contribution is 0.0533. The molecular weight excluding hydrogens is 425 g/mol. The van der Waals surface area contributed by atoms with E-state index in [2.05, 4.69) is 6.07 Å². The van der Waals surface area contributed by atoms with Crippen molar-refractivity contribution in [1.29, 1.82) is 5.26 Å². The van der Waals surface area contributed by atoms with Crippen LogP contribution in [-0.2, 0) is 0 Å². The van der Waals surface area contributed by atoms with Gasteiger partial charge in [-0.05, 0) is 42.5 Å². The summed E-state index contributed by atoms with van der Waals surface area (Å²) in [5, 5.41) is 9.35. The third-order valence-electron chi connectivity index (χ3n) is 5.27. The van der Waals surface area contributed by atoms with Gasteiger partial charge in [0.1, 0.15) is 11.9 Å². The average molecular weight is 446 g/mol. The SMILES string of the molecule is N#Cc1ccccc1Sc1ccccc1C(=O)N1CCN(C(=O)c2cccc(F)c2)CC1. The summed E-state index contributed by atoms with van der Waals surface area (Å²) < 4.78 is 13.4. The second-order valence-corrected chi connectivity index (χ2v) is 8.38. The minimum absolute atomic E-state index is 0.111. The molecule has 0 aliphatic carbocycles. The molecule has 160 valence electrons. The number of hydrogen-bond acceptors (Lipinski definition) is 4. The van der Waals surface area contributed by atoms with E-state index in [0.717, 1.165) is 9.79 Å². The highest BCUT2D eigenvalue weighted by molar-refractivity contribution is 7.99. The van der Waals surface area contributed by atoms with Crippen molar-refractivity contribution in [2.75, 3.05) is 26.2 Å². The van der Waals surface area contributed by atoms with Gasteiger partial charge in [0.05, 0.1) is 11.1 Å². The molecule has 2 amide bonds. The second-order valence-electron chi connectivity index (χ2n) is 7.30. The van der Waals surface area contributed by atoms with Gasteiger partial charge >= 0.3 is 0 Å². The molecule has 1 fully saturated rings. The van der Waals surface area contributed by atoms with Gasteiger partial charge in [-0.15, -0.1) is 0 Å². The highest BCUT2D eigenvalue weighted by atomic mass is 32.2. The van der Waals surface area contributed by atoms with Crippen LogP contribution in [0.3, 0.4) is 0 Å². The van der Waals surface area contributed by atoms with Crippen LogP contribution in [0, 0.1) is 17.1 Å². The van der Waals surface area contributed by atoms with Gasteiger partial charge < -0.3 is 9.80 Å². The van der Waals surface area contributed by atoms with E-state index in [9.17, 15) is 19.2 Å². The Bertz CT molecular complexity index is 1200. The number of rotatable bonds is 4. The van der Waals surface area contributed by atoms with Gasteiger partial charge in [-0.2, -0.15) is 5.26 Å². The molecule has 3 aromatic rings. The summed E-state index contributed by atoms with van der Waals surface area (Å²) in [4.78, 5) is 30.8. The van der Waals surface area contributed by atoms with Gasteiger partial charge in [-0.1, -0.05) is 42.1 Å². The van der Waals surface area contributed by atoms with Gasteiger partial charge in [0.25, 0.3) is 11.8 Å². The summed E-state index contributed by atoms with van der Waals surface area (Å²) in [5.41, 5.74) is 1.43. The normalized spacial score (nSPS) is 13.5. The summed E-state index contributed by atoms with van der Waals surface area (Å²) in [6.45, 7) is 1.56. The molecule has 32 heavy (non-hydrogen) atoms. The maximum atomic E-state index is 13.4. The zero-order chi connectivity index (χ0) is 22.5. The molecule has 4 rings (SSSR count). The highest BCUT2D eigenvalue weighted by Gasteiger charge is 2.27. The van der Waals surface area contributed by atoms with Crippen LogP contribution in [-0.4, -0.2) is 47.8 Å². The van der Waals surface area contributed by atoms with Crippen molar-refractivity contribution in [2.45, 2.75) is 9.79 Å². The van der Waals surface area contributed by atoms with E-state index in [1.54, 1.807) is 28.0 Å². The van der Waals surface area contributed by atoms with Crippen LogP contribution < -0.4 is 0 Å². The molecule has 3 aromatic carbocycles. The van der Waals surface area contributed by atoms with Crippen molar-refractivity contribution in [1.82, 2.24) is 9.80 Å². The molecule has 0 bridgehead atoms. The first kappa shape index (κ1) is 21.6. The van der Waals surface area contributed by atoms with Gasteiger partial charge in [-0.25, -0.2) is 4.39 Å². The largest absolute Gasteiger partial charge is 0.335 e. The number of amides is 2. The Morgan fingerprint density at radius 3 is 2.12 bits per heavy atom. The van der Waals surface area contributed by atoms with Crippen LogP contribution >= 0.6 is 11.8 Å². The van der Waals surface area contributed by atoms with E-state index >= 15 is 0 Å². The molecule has 5 nitrogen and oxygen atoms in total. The van der Waals surface area contributed by atoms with Crippen LogP contribution in [0.1, 0.15) is 26.3 Å². The van der Waals surface area contributed by atoms with Crippen LogP contribution in [0.25, 0.3) is 0 Å². The fraction of sp³-hybridized carbons (Fsp3) is 0.160. The Morgan fingerprint density at radius 2 is 1.44 bits per heavy atom. The monoisotopic (exact) mass is 445 g/mol. The fourth-order valence-electron chi connectivity index (χ4n) is 3.59. The van der Waals surface area contributed by atoms with E-state index in [0.29, 0.717) is 42.9 Å². The summed E-state index contributed by atoms with van der Waals surface area (Å²) in [6.07, 6.45) is 0. The zero-order valence-corrected chi connectivity index (χ0v) is 18.0. The second kappa shape index (κ2) is 9.67. The van der Waals surface area contributed by atoms with Crippen molar-refractivity contribution in [3.63, 3.8) is 0 Å². The quantitative estimate of drug-likeness (QED) is 0.595. The smallest absolute Gasteiger partial charge is 0.255 e. The number of carbonyl (C=O) groups is 2. The Balaban J connectivity index is 1.46. The third kappa shape index (κ3) is 4.66. The van der Waals surface area contributed by atoms with Crippen molar-refractivity contribution >= 4 is 23.6 Å². The van der Waals surface area contributed by atoms with E-state index in [1.807, 2.05) is 36.4 Å². The first-order valence-electron chi connectivity index (χ1n) is 10.2. The van der Waals surface area contributed by atoms with E-state index in [4.69, 9.17) is 0 Å². The van der Waals surface area contributed by atoms with Gasteiger partial charge in [-0.3, -0.25) is 9.59 Å². The first-order valence-corrected chi connectivity index (χ1v) is 11.0. The molecule has 0 saturated carbocycles. The Morgan fingerprint density at radius 1 is 0.812 bits per heavy atom. The third-order valence-corrected chi connectivity index (χ3v) is 6.42. The molecule has 1 saturated heterocycles. The molecule has 0 atom stereocenters. The van der Waals surface area contributed by atoms with Crippen molar-refractivity contribution in [2.24, 2.45) is 0 Å². The van der Waals surface area contributed by atoms with Crippen LogP contribution in [0.5, 0.6) is 0 Å². The number of piperazine rings is 1. The minimum Gasteiger partial charge on any atom is -0.335 e. The van der Waals surface area contributed by atoms with Crippen LogP contribution in [0.2, 0.25) is 0 Å². The number of halogens is 1. The Kier molecular flexibility index (Phi) is 6.52. The number of hydrogen-bond donors (Lipinski definition) is 0. The number of nitrogens with zero attached hydrogens (tertiary/aromatic N) is 3. The summed E-state index contributed by atoms with van der Waals surface area (Å²) in [7, 11) is 0. The van der Waals surface area contributed by atoms with E-state index < -0.39 is 5.82 Å². The standard InChI is InChI=1S/C25H20FN3O2S/c26-20-8-5-7-18(16-20)24(30)28-12-14-29(15-13-28)25(31)21-9-2-4-11-23(21)32-22-10-3-1-6-19(22)17-27/h1-11,16H,12-15H2. The summed E-state index contributed by atoms with van der Waals surface area (Å²) in [6, 6.07) is 22.4. The van der Waals surface area contributed by atoms with Crippen molar-refractivity contribution in [3.8, 4) is 6.07 Å². The maximum Gasteiger partial charge on any atom is 0.255 e. The molecule has 1 heterocycles. The molecule has 7 heteroatoms. The Labute approximate surface area is 190 Å². The van der Waals surface area contributed by atoms with E-state index in [1.165, 1.54) is 30.0 Å². The molecule has 0 N–H and O–H groups in total.